The first-order valence-electron chi connectivity index (χ1n) is 37.2. The molecule has 0 aromatic heterocycles. The lowest BCUT2D eigenvalue weighted by atomic mass is 10.2. The van der Waals surface area contributed by atoms with Gasteiger partial charge in [0.25, 0.3) is 71.2 Å². The highest BCUT2D eigenvalue weighted by molar-refractivity contribution is 8.78. The standard InChI is InChI=1S/C15H16N2O10S2.2C12H14N2O8S2.C7H14N2O7S2.C6H12N2O6S2.C5H8N2O7S.C4H8N2O6.CH4/c1-2-23-15(18)14(6-10-3-4-12-13(5-10)25-9-24-12)29-28-8-11(27-17(21)22)7-26-16(19)20;2*15-12(10-4-2-1-3-5-10)20-6-7-23-24-9-11(22-14(18)19)8-21-13(16)17;1-6(2-15-8(11)12)4-17-18-5-7(10)3-16-9(13)14;9-7(10)13-3-1-5-15-16-6-2-4-14-8(11)12;1-4(8)15-3-5(14-7(11)12)2-13-6(9)10;1-2-4(12-6(9)10)3-11-5(7)8;/h3-6,11H,2,7-9H2,1H3;2*1-5,11H,6-9H2;6-7,10H,2-5H2,1H3;1-6H2;5H,2-3H2,1H3;4H,2-3H2,1H3;1H4/b14-6-;;;;;;;. The van der Waals surface area contributed by atoms with Crippen molar-refractivity contribution in [2.45, 2.75) is 91.0 Å². The zero-order valence-electron chi connectivity index (χ0n) is 71.5. The molecular formula is C62H90N14O52S11. The normalized spacial score (nSPS) is 11.9. The lowest BCUT2D eigenvalue weighted by molar-refractivity contribution is -0.790. The first-order chi connectivity index (χ1) is 65.4. The third-order valence-electron chi connectivity index (χ3n) is 12.8. The van der Waals surface area contributed by atoms with Gasteiger partial charge < -0.3 is 96.5 Å². The van der Waals surface area contributed by atoms with Crippen LogP contribution in [0.25, 0.3) is 6.08 Å². The van der Waals surface area contributed by atoms with Crippen LogP contribution >= 0.6 is 120 Å². The van der Waals surface area contributed by atoms with E-state index in [0.717, 1.165) is 44.9 Å². The summed E-state index contributed by atoms with van der Waals surface area (Å²) < 4.78 is 25.7. The Morgan fingerprint density at radius 3 is 1.09 bits per heavy atom. The summed E-state index contributed by atoms with van der Waals surface area (Å²) in [6.45, 7) is 4.07. The molecule has 0 radical (unpaired) electrons. The summed E-state index contributed by atoms with van der Waals surface area (Å²) in [6, 6.07) is 22.1. The van der Waals surface area contributed by atoms with Crippen LogP contribution in [0.5, 0.6) is 11.5 Å². The second-order valence-corrected chi connectivity index (χ2v) is 37.4. The fraction of sp³-hybridized carbons (Fsp3) is 0.613. The maximum Gasteiger partial charge on any atom is 0.345 e. The molecule has 7 atom stereocenters. The van der Waals surface area contributed by atoms with Gasteiger partial charge in [-0.15, -0.1) is 142 Å². The van der Waals surface area contributed by atoms with Crippen molar-refractivity contribution >= 4 is 149 Å². The Kier molecular flexibility index (Phi) is 82.3. The number of rotatable bonds is 71. The molecule has 786 valence electrons. The van der Waals surface area contributed by atoms with Gasteiger partial charge in [0, 0.05) is 64.5 Å². The van der Waals surface area contributed by atoms with E-state index in [1.165, 1.54) is 71.7 Å². The van der Waals surface area contributed by atoms with Crippen molar-refractivity contribution < 1.29 is 187 Å². The molecule has 66 nitrogen and oxygen atoms in total. The number of ether oxygens (including phenoxy) is 5. The largest absolute Gasteiger partial charge is 0.462 e. The van der Waals surface area contributed by atoms with Gasteiger partial charge in [-0.1, -0.05) is 183 Å². The van der Waals surface area contributed by atoms with Crippen LogP contribution < -0.4 is 9.47 Å². The Balaban J connectivity index is -0.000000778. The molecular weight excluding hydrogens is 2130 g/mol. The molecule has 3 aromatic carbocycles. The zero-order valence-corrected chi connectivity index (χ0v) is 80.5. The third-order valence-corrected chi connectivity index (χ3v) is 26.2. The number of thioether (sulfide) groups is 1. The minimum Gasteiger partial charge on any atom is -0.462 e. The molecule has 0 saturated heterocycles. The van der Waals surface area contributed by atoms with E-state index in [4.69, 9.17) is 23.7 Å². The molecule has 7 unspecified atom stereocenters. The molecule has 0 aliphatic carbocycles. The minimum atomic E-state index is -1.19. The zero-order chi connectivity index (χ0) is 104. The molecule has 0 bridgehead atoms. The molecule has 1 N–H and O–H groups in total. The molecule has 3 aromatic rings. The highest BCUT2D eigenvalue weighted by Crippen LogP contribution is 2.37. The minimum absolute atomic E-state index is 0. The van der Waals surface area contributed by atoms with Gasteiger partial charge >= 0.3 is 17.9 Å². The summed E-state index contributed by atoms with van der Waals surface area (Å²) in [5.74, 6) is 3.02. The predicted molar refractivity (Wildman–Crippen MR) is 491 cm³/mol. The fourth-order valence-corrected chi connectivity index (χ4v) is 18.6. The Bertz CT molecular complexity index is 4000. The van der Waals surface area contributed by atoms with E-state index in [-0.39, 0.29) is 112 Å². The number of hydrogen-bond donors (Lipinski definition) is 1. The molecule has 0 spiro atoms. The Labute approximate surface area is 824 Å². The van der Waals surface area contributed by atoms with Crippen molar-refractivity contribution in [1.29, 1.82) is 0 Å². The molecule has 1 aliphatic rings. The van der Waals surface area contributed by atoms with Crippen molar-refractivity contribution in [3.63, 3.8) is 0 Å². The molecule has 0 fully saturated rings. The van der Waals surface area contributed by atoms with E-state index in [9.17, 15) is 166 Å². The fourth-order valence-electron chi connectivity index (χ4n) is 7.22. The van der Waals surface area contributed by atoms with Crippen molar-refractivity contribution in [3.8, 4) is 11.5 Å². The molecule has 1 heterocycles. The topological polar surface area (TPSA) is 868 Å². The molecule has 0 saturated carbocycles. The monoisotopic (exact) mass is 2210 g/mol. The van der Waals surface area contributed by atoms with Gasteiger partial charge in [-0.05, 0) is 80.1 Å². The van der Waals surface area contributed by atoms with Crippen molar-refractivity contribution in [1.82, 2.24) is 0 Å². The van der Waals surface area contributed by atoms with Crippen LogP contribution in [-0.2, 0) is 91.5 Å². The number of benzene rings is 3. The number of carbonyl (C=O) groups excluding carboxylic acids is 4. The summed E-state index contributed by atoms with van der Waals surface area (Å²) in [7, 11) is 12.8. The van der Waals surface area contributed by atoms with Crippen LogP contribution in [0.15, 0.2) is 83.8 Å². The predicted octanol–water partition coefficient (Wildman–Crippen LogP) is 9.72. The summed E-state index contributed by atoms with van der Waals surface area (Å²) in [5, 5.41) is 135. The average molecular weight is 2220 g/mol. The van der Waals surface area contributed by atoms with Crippen LogP contribution in [0, 0.1) is 148 Å². The highest BCUT2D eigenvalue weighted by atomic mass is 33.1. The summed E-state index contributed by atoms with van der Waals surface area (Å²) in [5.41, 5.74) is 1.55. The van der Waals surface area contributed by atoms with Crippen LogP contribution in [-0.4, -0.2) is 280 Å². The van der Waals surface area contributed by atoms with Gasteiger partial charge in [0.1, 0.15) is 88.3 Å². The van der Waals surface area contributed by atoms with Crippen LogP contribution in [0.1, 0.15) is 80.7 Å². The van der Waals surface area contributed by atoms with Gasteiger partial charge in [-0.3, -0.25) is 4.79 Å². The number of hydrogen-bond acceptors (Lipinski definition) is 63. The van der Waals surface area contributed by atoms with Crippen LogP contribution in [0.3, 0.4) is 0 Å². The number of aliphatic hydroxyl groups is 1. The third kappa shape index (κ3) is 88.2. The summed E-state index contributed by atoms with van der Waals surface area (Å²) in [6.07, 6.45) is -3.22. The quantitative estimate of drug-likeness (QED) is 0.0104. The Morgan fingerprint density at radius 2 is 0.719 bits per heavy atom. The van der Waals surface area contributed by atoms with Crippen LogP contribution in [0.4, 0.5) is 0 Å². The maximum absolute atomic E-state index is 12.2. The van der Waals surface area contributed by atoms with E-state index in [2.05, 4.69) is 67.7 Å². The molecule has 1 aliphatic heterocycles. The Morgan fingerprint density at radius 1 is 0.381 bits per heavy atom. The van der Waals surface area contributed by atoms with Gasteiger partial charge in [-0.25, -0.2) is 14.4 Å². The number of aliphatic hydroxyl groups excluding tert-OH is 1. The van der Waals surface area contributed by atoms with E-state index < -0.39 is 159 Å². The summed E-state index contributed by atoms with van der Waals surface area (Å²) >= 11 is 0.762. The lowest BCUT2D eigenvalue weighted by Crippen LogP contribution is -2.27. The van der Waals surface area contributed by atoms with Crippen molar-refractivity contribution in [3.05, 3.63) is 242 Å². The van der Waals surface area contributed by atoms with E-state index in [1.807, 2.05) is 0 Å². The van der Waals surface area contributed by atoms with Crippen molar-refractivity contribution in [2.24, 2.45) is 5.92 Å². The molecule has 0 amide bonds. The molecule has 139 heavy (non-hydrogen) atoms. The van der Waals surface area contributed by atoms with Gasteiger partial charge in [0.2, 0.25) is 6.79 Å². The number of esters is 3. The number of nitrogens with zero attached hydrogens (tertiary/aromatic N) is 14. The van der Waals surface area contributed by atoms with Gasteiger partial charge in [-0.2, -0.15) is 0 Å². The number of carbonyl (C=O) groups is 4. The SMILES string of the molecule is C.CC(=O)SCC(CO[N+](=O)[O-])O[N+](=O)[O-].CC(CO[N+](=O)[O-])CSSCC(O)CO[N+](=O)[O-].CCC(CO[N+](=O)[O-])O[N+](=O)[O-].CCOC(=O)/C(=C/c1ccc2c(c1)OCO2)SSCC(CO[N+](=O)[O-])O[N+](=O)[O-].O=C(OCCSSCC(CO[N+](=O)[O-])O[N+](=O)[O-])c1ccccc1.O=C(OCCSSCC(CO[N+](=O)[O-])O[N+](=O)[O-])c1ccccc1.O=[N+]([O-])OCCCSSCCCO[N+](=O)[O-]. The average Bonchev–Trinajstić information content (AvgIpc) is 1.72. The van der Waals surface area contributed by atoms with E-state index >= 15 is 0 Å². The smallest absolute Gasteiger partial charge is 0.345 e. The lowest BCUT2D eigenvalue weighted by Gasteiger charge is -2.13. The first-order valence-corrected chi connectivity index (χ1v) is 50.5. The van der Waals surface area contributed by atoms with Crippen LogP contribution in [0.2, 0.25) is 0 Å². The highest BCUT2D eigenvalue weighted by Gasteiger charge is 2.24. The van der Waals surface area contributed by atoms with E-state index in [0.29, 0.717) is 58.3 Å². The van der Waals surface area contributed by atoms with E-state index in [1.54, 1.807) is 127 Å². The first kappa shape index (κ1) is 133. The second kappa shape index (κ2) is 86.1. The van der Waals surface area contributed by atoms with Gasteiger partial charge in [0.15, 0.2) is 16.6 Å². The molecule has 77 heteroatoms. The maximum atomic E-state index is 12.2. The van der Waals surface area contributed by atoms with Gasteiger partial charge in [0.05, 0.1) is 43.7 Å². The number of fused-ring (bicyclic) bond motifs is 1. The Hall–Kier alpha value is -12.3. The second-order valence-electron chi connectivity index (χ2n) is 23.3. The molecule has 4 rings (SSSR count). The summed E-state index contributed by atoms with van der Waals surface area (Å²) in [4.78, 5) is 244. The van der Waals surface area contributed by atoms with Crippen molar-refractivity contribution in [2.75, 3.05) is 144 Å².